The number of nitrogens with two attached hydrogens (primary N) is 1. The topological polar surface area (TPSA) is 60.9 Å². The first kappa shape index (κ1) is 13.0. The van der Waals surface area contributed by atoms with E-state index in [1.165, 1.54) is 11.5 Å². The lowest BCUT2D eigenvalue weighted by molar-refractivity contribution is 0.843. The molecule has 0 aliphatic heterocycles. The fraction of sp³-hybridized carbons (Fsp3) is 0.200. The molecule has 0 radical (unpaired) electrons. The highest BCUT2D eigenvalue weighted by Gasteiger charge is 2.14. The molecule has 0 saturated carbocycles. The van der Waals surface area contributed by atoms with Crippen LogP contribution >= 0.6 is 11.5 Å². The van der Waals surface area contributed by atoms with E-state index in [9.17, 15) is 4.79 Å². The van der Waals surface area contributed by atoms with Gasteiger partial charge < -0.3 is 5.73 Å². The Morgan fingerprint density at radius 1 is 1.30 bits per heavy atom. The van der Waals surface area contributed by atoms with Gasteiger partial charge in [-0.15, -0.1) is 0 Å². The molecular weight excluding hydrogens is 270 g/mol. The third kappa shape index (κ3) is 2.05. The molecule has 0 saturated heterocycles. The van der Waals surface area contributed by atoms with Crippen molar-refractivity contribution in [2.45, 2.75) is 13.3 Å². The van der Waals surface area contributed by atoms with Gasteiger partial charge in [0.2, 0.25) is 0 Å². The van der Waals surface area contributed by atoms with E-state index >= 15 is 0 Å². The summed E-state index contributed by atoms with van der Waals surface area (Å²) >= 11 is 1.37. The van der Waals surface area contributed by atoms with Crippen molar-refractivity contribution >= 4 is 21.6 Å². The quantitative estimate of drug-likeness (QED) is 0.803. The van der Waals surface area contributed by atoms with Crippen molar-refractivity contribution in [2.24, 2.45) is 5.73 Å². The van der Waals surface area contributed by atoms with Crippen LogP contribution in [0.15, 0.2) is 41.2 Å². The van der Waals surface area contributed by atoms with Crippen LogP contribution in [0.5, 0.6) is 0 Å². The molecule has 2 heterocycles. The van der Waals surface area contributed by atoms with E-state index < -0.39 is 0 Å². The standard InChI is InChI=1S/C15H15N3OS/c1-10-14-13(20-17-10)9-12(7-8-16)18(15(14)19)11-5-3-2-4-6-11/h2-6,9H,7-8,16H2,1H3. The first-order chi connectivity index (χ1) is 9.72. The number of fused-ring (bicyclic) bond motifs is 1. The minimum atomic E-state index is -0.0107. The lowest BCUT2D eigenvalue weighted by Gasteiger charge is -2.12. The number of benzene rings is 1. The Morgan fingerprint density at radius 3 is 2.75 bits per heavy atom. The molecule has 3 rings (SSSR count). The van der Waals surface area contributed by atoms with Gasteiger partial charge in [-0.05, 0) is 43.2 Å². The molecule has 2 N–H and O–H groups in total. The molecule has 1 aromatic carbocycles. The smallest absolute Gasteiger partial charge is 0.265 e. The summed E-state index contributed by atoms with van der Waals surface area (Å²) in [5, 5.41) is 0.708. The molecular formula is C15H15N3OS. The SMILES string of the molecule is Cc1nsc2cc(CCN)n(-c3ccccc3)c(=O)c12. The molecule has 2 aromatic heterocycles. The molecule has 4 nitrogen and oxygen atoms in total. The number of hydrogen-bond donors (Lipinski definition) is 1. The van der Waals surface area contributed by atoms with Crippen LogP contribution in [0.4, 0.5) is 0 Å². The fourth-order valence-electron chi connectivity index (χ4n) is 2.40. The third-order valence-corrected chi connectivity index (χ3v) is 4.19. The average molecular weight is 285 g/mol. The zero-order valence-corrected chi connectivity index (χ0v) is 12.0. The predicted octanol–water partition coefficient (Wildman–Crippen LogP) is 2.26. The Balaban J connectivity index is 2.38. The summed E-state index contributed by atoms with van der Waals surface area (Å²) in [6, 6.07) is 11.7. The molecule has 3 aromatic rings. The van der Waals surface area contributed by atoms with Gasteiger partial charge in [0, 0.05) is 17.8 Å². The Hall–Kier alpha value is -1.98. The fourth-order valence-corrected chi connectivity index (χ4v) is 3.24. The second-order valence-corrected chi connectivity index (χ2v) is 5.46. The molecule has 102 valence electrons. The molecule has 0 unspecified atom stereocenters. The molecule has 0 spiro atoms. The Bertz CT molecular complexity index is 805. The largest absolute Gasteiger partial charge is 0.330 e. The predicted molar refractivity (Wildman–Crippen MR) is 82.7 cm³/mol. The Morgan fingerprint density at radius 2 is 2.05 bits per heavy atom. The summed E-state index contributed by atoms with van der Waals surface area (Å²) in [4.78, 5) is 12.8. The van der Waals surface area contributed by atoms with Crippen molar-refractivity contribution < 1.29 is 0 Å². The highest BCUT2D eigenvalue weighted by molar-refractivity contribution is 7.13. The van der Waals surface area contributed by atoms with Gasteiger partial charge in [0.05, 0.1) is 15.8 Å². The van der Waals surface area contributed by atoms with Crippen molar-refractivity contribution in [3.63, 3.8) is 0 Å². The number of aryl methyl sites for hydroxylation is 1. The molecule has 0 bridgehead atoms. The van der Waals surface area contributed by atoms with E-state index in [4.69, 9.17) is 5.73 Å². The molecule has 20 heavy (non-hydrogen) atoms. The van der Waals surface area contributed by atoms with Gasteiger partial charge in [-0.3, -0.25) is 9.36 Å². The van der Waals surface area contributed by atoms with Crippen LogP contribution < -0.4 is 11.3 Å². The van der Waals surface area contributed by atoms with Gasteiger partial charge in [-0.25, -0.2) is 0 Å². The van der Waals surface area contributed by atoms with Gasteiger partial charge >= 0.3 is 0 Å². The van der Waals surface area contributed by atoms with Crippen LogP contribution in [0.1, 0.15) is 11.4 Å². The van der Waals surface area contributed by atoms with Crippen molar-refractivity contribution in [3.05, 3.63) is 58.1 Å². The van der Waals surface area contributed by atoms with E-state index in [1.54, 1.807) is 4.57 Å². The van der Waals surface area contributed by atoms with Crippen LogP contribution in [0.3, 0.4) is 0 Å². The highest BCUT2D eigenvalue weighted by atomic mass is 32.1. The molecule has 0 aliphatic rings. The van der Waals surface area contributed by atoms with Crippen LogP contribution in [-0.4, -0.2) is 15.5 Å². The van der Waals surface area contributed by atoms with E-state index in [0.717, 1.165) is 21.8 Å². The zero-order chi connectivity index (χ0) is 14.1. The Labute approximate surface area is 120 Å². The maximum Gasteiger partial charge on any atom is 0.265 e. The third-order valence-electron chi connectivity index (χ3n) is 3.31. The summed E-state index contributed by atoms with van der Waals surface area (Å²) in [5.74, 6) is 0. The summed E-state index contributed by atoms with van der Waals surface area (Å²) in [7, 11) is 0. The Kier molecular flexibility index (Phi) is 3.38. The summed E-state index contributed by atoms with van der Waals surface area (Å²) in [6.45, 7) is 2.38. The van der Waals surface area contributed by atoms with E-state index in [2.05, 4.69) is 4.37 Å². The maximum absolute atomic E-state index is 12.8. The number of para-hydroxylation sites is 1. The van der Waals surface area contributed by atoms with Crippen LogP contribution in [-0.2, 0) is 6.42 Å². The van der Waals surface area contributed by atoms with Crippen LogP contribution in [0, 0.1) is 6.92 Å². The van der Waals surface area contributed by atoms with Crippen LogP contribution in [0.25, 0.3) is 15.8 Å². The second kappa shape index (κ2) is 5.19. The molecule has 0 aliphatic carbocycles. The van der Waals surface area contributed by atoms with Gasteiger partial charge in [-0.1, -0.05) is 18.2 Å². The highest BCUT2D eigenvalue weighted by Crippen LogP contribution is 2.22. The summed E-state index contributed by atoms with van der Waals surface area (Å²) < 4.78 is 6.97. The number of hydrogen-bond acceptors (Lipinski definition) is 4. The average Bonchev–Trinajstić information content (AvgIpc) is 2.82. The lowest BCUT2D eigenvalue weighted by atomic mass is 10.2. The first-order valence-electron chi connectivity index (χ1n) is 6.49. The minimum absolute atomic E-state index is 0.0107. The van der Waals surface area contributed by atoms with E-state index in [0.29, 0.717) is 18.4 Å². The zero-order valence-electron chi connectivity index (χ0n) is 11.2. The number of nitrogens with zero attached hydrogens (tertiary/aromatic N) is 2. The van der Waals surface area contributed by atoms with Crippen molar-refractivity contribution in [2.75, 3.05) is 6.54 Å². The van der Waals surface area contributed by atoms with Crippen molar-refractivity contribution in [1.29, 1.82) is 0 Å². The van der Waals surface area contributed by atoms with Crippen molar-refractivity contribution in [1.82, 2.24) is 8.94 Å². The number of pyridine rings is 1. The van der Waals surface area contributed by atoms with Gasteiger partial charge in [0.15, 0.2) is 0 Å². The number of aromatic nitrogens is 2. The summed E-state index contributed by atoms with van der Waals surface area (Å²) in [5.41, 5.74) is 8.26. The van der Waals surface area contributed by atoms with Gasteiger partial charge in [0.1, 0.15) is 0 Å². The van der Waals surface area contributed by atoms with E-state index in [1.807, 2.05) is 43.3 Å². The molecule has 0 fully saturated rings. The lowest BCUT2D eigenvalue weighted by Crippen LogP contribution is -2.23. The summed E-state index contributed by atoms with van der Waals surface area (Å²) in [6.07, 6.45) is 0.664. The molecule has 0 atom stereocenters. The molecule has 5 heteroatoms. The maximum atomic E-state index is 12.8. The van der Waals surface area contributed by atoms with Gasteiger partial charge in [-0.2, -0.15) is 4.37 Å². The first-order valence-corrected chi connectivity index (χ1v) is 7.26. The minimum Gasteiger partial charge on any atom is -0.330 e. The van der Waals surface area contributed by atoms with Crippen LogP contribution in [0.2, 0.25) is 0 Å². The normalized spacial score (nSPS) is 11.1. The second-order valence-electron chi connectivity index (χ2n) is 4.66. The number of rotatable bonds is 3. The van der Waals surface area contributed by atoms with E-state index in [-0.39, 0.29) is 5.56 Å². The monoisotopic (exact) mass is 285 g/mol. The molecule has 0 amide bonds. The van der Waals surface area contributed by atoms with Gasteiger partial charge in [0.25, 0.3) is 5.56 Å². The van der Waals surface area contributed by atoms with Crippen molar-refractivity contribution in [3.8, 4) is 5.69 Å².